The number of aliphatic hydroxyl groups is 1. The van der Waals surface area contributed by atoms with E-state index in [2.05, 4.69) is 5.32 Å². The van der Waals surface area contributed by atoms with E-state index in [0.29, 0.717) is 30.5 Å². The quantitative estimate of drug-likeness (QED) is 0.771. The van der Waals surface area contributed by atoms with Gasteiger partial charge in [0.05, 0.1) is 11.6 Å². The summed E-state index contributed by atoms with van der Waals surface area (Å²) < 4.78 is 5.71. The first kappa shape index (κ1) is 14.9. The van der Waals surface area contributed by atoms with Crippen LogP contribution in [0, 0.1) is 0 Å². The maximum absolute atomic E-state index is 8.71. The van der Waals surface area contributed by atoms with Crippen LogP contribution in [0.3, 0.4) is 0 Å². The van der Waals surface area contributed by atoms with Crippen LogP contribution in [0.1, 0.15) is 11.1 Å². The number of aliphatic hydroxyl groups excluding tert-OH is 1. The van der Waals surface area contributed by atoms with Crippen LogP contribution in [0.2, 0.25) is 5.02 Å². The van der Waals surface area contributed by atoms with Gasteiger partial charge in [-0.1, -0.05) is 48.0 Å². The fourth-order valence-electron chi connectivity index (χ4n) is 1.82. The first-order valence-electron chi connectivity index (χ1n) is 6.56. The summed E-state index contributed by atoms with van der Waals surface area (Å²) in [5.41, 5.74) is 2.17. The second-order valence-electron chi connectivity index (χ2n) is 4.44. The van der Waals surface area contributed by atoms with Crippen LogP contribution in [0.25, 0.3) is 0 Å². The molecule has 2 rings (SSSR count). The SMILES string of the molecule is OCCNCc1ccc(OCc2ccccc2)c(Cl)c1. The van der Waals surface area contributed by atoms with E-state index in [1.54, 1.807) is 0 Å². The lowest BCUT2D eigenvalue weighted by molar-refractivity contribution is 0.292. The molecular formula is C16H18ClNO2. The molecule has 2 aromatic rings. The highest BCUT2D eigenvalue weighted by molar-refractivity contribution is 6.32. The van der Waals surface area contributed by atoms with Gasteiger partial charge in [-0.3, -0.25) is 0 Å². The molecule has 0 fully saturated rings. The molecule has 0 heterocycles. The van der Waals surface area contributed by atoms with Gasteiger partial charge in [0.1, 0.15) is 12.4 Å². The van der Waals surface area contributed by atoms with Crippen LogP contribution in [0.15, 0.2) is 48.5 Å². The molecule has 0 aliphatic carbocycles. The number of hydrogen-bond acceptors (Lipinski definition) is 3. The Labute approximate surface area is 124 Å². The van der Waals surface area contributed by atoms with E-state index in [1.807, 2.05) is 48.5 Å². The van der Waals surface area contributed by atoms with Crippen LogP contribution < -0.4 is 10.1 Å². The molecule has 0 aromatic heterocycles. The van der Waals surface area contributed by atoms with Crippen molar-refractivity contribution in [2.45, 2.75) is 13.2 Å². The second kappa shape index (κ2) is 7.90. The maximum atomic E-state index is 8.71. The van der Waals surface area contributed by atoms with E-state index >= 15 is 0 Å². The van der Waals surface area contributed by atoms with Crippen molar-refractivity contribution >= 4 is 11.6 Å². The lowest BCUT2D eigenvalue weighted by Gasteiger charge is -2.10. The molecule has 106 valence electrons. The van der Waals surface area contributed by atoms with Crippen LogP contribution in [0.4, 0.5) is 0 Å². The highest BCUT2D eigenvalue weighted by Crippen LogP contribution is 2.26. The predicted molar refractivity (Wildman–Crippen MR) is 81.0 cm³/mol. The summed E-state index contributed by atoms with van der Waals surface area (Å²) in [6, 6.07) is 15.7. The maximum Gasteiger partial charge on any atom is 0.138 e. The normalized spacial score (nSPS) is 10.5. The summed E-state index contributed by atoms with van der Waals surface area (Å²) in [7, 11) is 0. The van der Waals surface area contributed by atoms with E-state index in [-0.39, 0.29) is 6.61 Å². The van der Waals surface area contributed by atoms with E-state index in [9.17, 15) is 0 Å². The predicted octanol–water partition coefficient (Wildman–Crippen LogP) is 3.00. The Kier molecular flexibility index (Phi) is 5.87. The van der Waals surface area contributed by atoms with E-state index < -0.39 is 0 Å². The average Bonchev–Trinajstić information content (AvgIpc) is 2.48. The van der Waals surface area contributed by atoms with Crippen molar-refractivity contribution in [2.75, 3.05) is 13.2 Å². The number of ether oxygens (including phenoxy) is 1. The molecule has 4 heteroatoms. The minimum absolute atomic E-state index is 0.131. The van der Waals surface area contributed by atoms with Gasteiger partial charge in [0.15, 0.2) is 0 Å². The lowest BCUT2D eigenvalue weighted by atomic mass is 10.2. The third kappa shape index (κ3) is 4.53. The zero-order valence-corrected chi connectivity index (χ0v) is 11.9. The van der Waals surface area contributed by atoms with Crippen LogP contribution >= 0.6 is 11.6 Å². The Morgan fingerprint density at radius 1 is 1.05 bits per heavy atom. The molecule has 0 aliphatic heterocycles. The van der Waals surface area contributed by atoms with Gasteiger partial charge in [0.2, 0.25) is 0 Å². The number of rotatable bonds is 7. The molecule has 0 spiro atoms. The van der Waals surface area contributed by atoms with Gasteiger partial charge >= 0.3 is 0 Å². The zero-order valence-electron chi connectivity index (χ0n) is 11.2. The molecular weight excluding hydrogens is 274 g/mol. The highest BCUT2D eigenvalue weighted by Gasteiger charge is 2.03. The molecule has 2 N–H and O–H groups in total. The third-order valence-electron chi connectivity index (χ3n) is 2.85. The Morgan fingerprint density at radius 2 is 1.85 bits per heavy atom. The van der Waals surface area contributed by atoms with Gasteiger partial charge in [-0.05, 0) is 23.3 Å². The van der Waals surface area contributed by atoms with Crippen molar-refractivity contribution in [3.8, 4) is 5.75 Å². The van der Waals surface area contributed by atoms with Crippen molar-refractivity contribution in [2.24, 2.45) is 0 Å². The van der Waals surface area contributed by atoms with Gasteiger partial charge in [0, 0.05) is 13.1 Å². The largest absolute Gasteiger partial charge is 0.487 e. The molecule has 0 saturated heterocycles. The van der Waals surface area contributed by atoms with Crippen molar-refractivity contribution in [1.29, 1.82) is 0 Å². The first-order valence-corrected chi connectivity index (χ1v) is 6.94. The molecule has 0 bridgehead atoms. The molecule has 0 unspecified atom stereocenters. The van der Waals surface area contributed by atoms with Crippen LogP contribution in [-0.4, -0.2) is 18.3 Å². The van der Waals surface area contributed by atoms with E-state index in [1.165, 1.54) is 0 Å². The third-order valence-corrected chi connectivity index (χ3v) is 3.15. The van der Waals surface area contributed by atoms with Gasteiger partial charge < -0.3 is 15.2 Å². The number of benzene rings is 2. The molecule has 0 aliphatic rings. The van der Waals surface area contributed by atoms with Gasteiger partial charge in [-0.15, -0.1) is 0 Å². The molecule has 0 atom stereocenters. The molecule has 0 amide bonds. The molecule has 2 aromatic carbocycles. The molecule has 0 saturated carbocycles. The summed E-state index contributed by atoms with van der Waals surface area (Å²) in [5.74, 6) is 0.682. The van der Waals surface area contributed by atoms with E-state index in [0.717, 1.165) is 11.1 Å². The summed E-state index contributed by atoms with van der Waals surface area (Å²) in [6.07, 6.45) is 0. The Balaban J connectivity index is 1.92. The number of hydrogen-bond donors (Lipinski definition) is 2. The minimum atomic E-state index is 0.131. The standard InChI is InChI=1S/C16H18ClNO2/c17-15-10-14(11-18-8-9-19)6-7-16(15)20-12-13-4-2-1-3-5-13/h1-7,10,18-19H,8-9,11-12H2. The highest BCUT2D eigenvalue weighted by atomic mass is 35.5. The summed E-state index contributed by atoms with van der Waals surface area (Å²) >= 11 is 6.21. The monoisotopic (exact) mass is 291 g/mol. The van der Waals surface area contributed by atoms with Crippen LogP contribution in [-0.2, 0) is 13.2 Å². The van der Waals surface area contributed by atoms with Crippen molar-refractivity contribution in [3.63, 3.8) is 0 Å². The Hall–Kier alpha value is -1.55. The number of halogens is 1. The van der Waals surface area contributed by atoms with Crippen molar-refractivity contribution in [3.05, 3.63) is 64.7 Å². The van der Waals surface area contributed by atoms with Gasteiger partial charge in [-0.2, -0.15) is 0 Å². The summed E-state index contributed by atoms with van der Waals surface area (Å²) in [4.78, 5) is 0. The lowest BCUT2D eigenvalue weighted by Crippen LogP contribution is -2.17. The smallest absolute Gasteiger partial charge is 0.138 e. The van der Waals surface area contributed by atoms with Gasteiger partial charge in [0.25, 0.3) is 0 Å². The van der Waals surface area contributed by atoms with Crippen molar-refractivity contribution in [1.82, 2.24) is 5.32 Å². The summed E-state index contributed by atoms with van der Waals surface area (Å²) in [5, 5.41) is 12.4. The zero-order chi connectivity index (χ0) is 14.2. The fourth-order valence-corrected chi connectivity index (χ4v) is 2.08. The number of nitrogens with one attached hydrogen (secondary N) is 1. The van der Waals surface area contributed by atoms with Crippen molar-refractivity contribution < 1.29 is 9.84 Å². The van der Waals surface area contributed by atoms with Crippen LogP contribution in [0.5, 0.6) is 5.75 Å². The minimum Gasteiger partial charge on any atom is -0.487 e. The van der Waals surface area contributed by atoms with E-state index in [4.69, 9.17) is 21.4 Å². The summed E-state index contributed by atoms with van der Waals surface area (Å²) in [6.45, 7) is 1.89. The van der Waals surface area contributed by atoms with Gasteiger partial charge in [-0.25, -0.2) is 0 Å². The molecule has 0 radical (unpaired) electrons. The topological polar surface area (TPSA) is 41.5 Å². The Bertz CT molecular complexity index is 531. The molecule has 20 heavy (non-hydrogen) atoms. The first-order chi connectivity index (χ1) is 9.79. The Morgan fingerprint density at radius 3 is 2.55 bits per heavy atom. The molecule has 3 nitrogen and oxygen atoms in total. The fraction of sp³-hybridized carbons (Fsp3) is 0.250. The second-order valence-corrected chi connectivity index (χ2v) is 4.85. The average molecular weight is 292 g/mol.